The van der Waals surface area contributed by atoms with Crippen LogP contribution in [0.2, 0.25) is 0 Å². The molecule has 4 aromatic rings. The number of aromatic nitrogens is 2. The van der Waals surface area contributed by atoms with E-state index in [9.17, 15) is 0 Å². The summed E-state index contributed by atoms with van der Waals surface area (Å²) in [6.45, 7) is 8.87. The Balaban J connectivity index is 1.69. The number of hydrogen-bond acceptors (Lipinski definition) is 3. The van der Waals surface area contributed by atoms with Gasteiger partial charge in [0.15, 0.2) is 5.11 Å². The van der Waals surface area contributed by atoms with Crippen molar-refractivity contribution in [1.29, 1.82) is 0 Å². The van der Waals surface area contributed by atoms with Crippen LogP contribution >= 0.6 is 12.2 Å². The molecule has 1 aliphatic heterocycles. The molecule has 0 radical (unpaired) electrons. The predicted molar refractivity (Wildman–Crippen MR) is 158 cm³/mol. The van der Waals surface area contributed by atoms with Gasteiger partial charge >= 0.3 is 0 Å². The van der Waals surface area contributed by atoms with Gasteiger partial charge in [0.25, 0.3) is 0 Å². The van der Waals surface area contributed by atoms with Crippen LogP contribution in [0.4, 0.5) is 11.4 Å². The molecule has 1 fully saturated rings. The van der Waals surface area contributed by atoms with Crippen molar-refractivity contribution >= 4 is 28.7 Å². The molecule has 0 bridgehead atoms. The number of anilines is 2. The Bertz CT molecular complexity index is 1420. The Morgan fingerprint density at radius 3 is 2.38 bits per heavy atom. The monoisotopic (exact) mass is 509 g/mol. The average Bonchev–Trinajstić information content (AvgIpc) is 3.39. The van der Waals surface area contributed by atoms with E-state index in [1.54, 1.807) is 0 Å². The molecule has 1 N–H and O–H groups in total. The largest absolute Gasteiger partial charge is 0.378 e. The van der Waals surface area contributed by atoms with E-state index in [4.69, 9.17) is 17.2 Å². The third-order valence-electron chi connectivity index (χ3n) is 7.46. The lowest BCUT2D eigenvalue weighted by atomic mass is 9.96. The molecule has 0 aliphatic carbocycles. The standard InChI is InChI=1S/C31H35N5S/c1-7-23-12-10-11-20(2)29(23)35-21(3)19-26(22(35)4)30-28(27-13-8-9-18-32-27)33-31(37)36(30)25-16-14-24(15-17-25)34(5)6/h8-19,28,30H,7H2,1-6H3,(H,33,37)/t28-,30-/m0/s1. The van der Waals surface area contributed by atoms with E-state index in [0.717, 1.165) is 23.5 Å². The van der Waals surface area contributed by atoms with E-state index in [1.807, 2.05) is 18.3 Å². The minimum Gasteiger partial charge on any atom is -0.378 e. The zero-order valence-corrected chi connectivity index (χ0v) is 23.3. The van der Waals surface area contributed by atoms with Gasteiger partial charge in [0.1, 0.15) is 0 Å². The van der Waals surface area contributed by atoms with Crippen LogP contribution in [0.15, 0.2) is 72.9 Å². The normalized spacial score (nSPS) is 17.2. The van der Waals surface area contributed by atoms with Gasteiger partial charge in [-0.05, 0) is 98.6 Å². The molecule has 5 nitrogen and oxygen atoms in total. The maximum Gasteiger partial charge on any atom is 0.174 e. The molecule has 0 amide bonds. The first-order chi connectivity index (χ1) is 17.8. The number of thiocarbonyl (C=S) groups is 1. The molecular weight excluding hydrogens is 474 g/mol. The number of nitrogens with zero attached hydrogens (tertiary/aromatic N) is 4. The lowest BCUT2D eigenvalue weighted by Crippen LogP contribution is -2.29. The molecular formula is C31H35N5S. The molecule has 2 aromatic carbocycles. The predicted octanol–water partition coefficient (Wildman–Crippen LogP) is 6.60. The first-order valence-corrected chi connectivity index (χ1v) is 13.3. The summed E-state index contributed by atoms with van der Waals surface area (Å²) >= 11 is 5.97. The number of para-hydroxylation sites is 1. The van der Waals surface area contributed by atoms with E-state index in [0.29, 0.717) is 5.11 Å². The summed E-state index contributed by atoms with van der Waals surface area (Å²) in [5, 5.41) is 4.33. The number of nitrogens with one attached hydrogen (secondary N) is 1. The summed E-state index contributed by atoms with van der Waals surface area (Å²) in [4.78, 5) is 9.11. The third-order valence-corrected chi connectivity index (χ3v) is 7.77. The van der Waals surface area contributed by atoms with Gasteiger partial charge in [0.2, 0.25) is 0 Å². The summed E-state index contributed by atoms with van der Waals surface area (Å²) in [6.07, 6.45) is 2.84. The van der Waals surface area contributed by atoms with Crippen LogP contribution in [0.25, 0.3) is 5.69 Å². The summed E-state index contributed by atoms with van der Waals surface area (Å²) in [5.74, 6) is 0. The third kappa shape index (κ3) is 4.40. The molecule has 0 unspecified atom stereocenters. The van der Waals surface area contributed by atoms with E-state index in [-0.39, 0.29) is 12.1 Å². The van der Waals surface area contributed by atoms with E-state index < -0.39 is 0 Å². The Kier molecular flexibility index (Phi) is 6.78. The molecule has 6 heteroatoms. The number of aryl methyl sites for hydroxylation is 3. The molecule has 1 aliphatic rings. The van der Waals surface area contributed by atoms with Crippen molar-refractivity contribution in [2.24, 2.45) is 0 Å². The highest BCUT2D eigenvalue weighted by molar-refractivity contribution is 7.80. The minimum atomic E-state index is -0.0707. The van der Waals surface area contributed by atoms with Crippen LogP contribution in [-0.4, -0.2) is 28.8 Å². The van der Waals surface area contributed by atoms with Gasteiger partial charge in [0.05, 0.1) is 23.5 Å². The van der Waals surface area contributed by atoms with Crippen molar-refractivity contribution in [2.75, 3.05) is 23.9 Å². The van der Waals surface area contributed by atoms with Gasteiger partial charge in [-0.2, -0.15) is 0 Å². The molecule has 3 heterocycles. The van der Waals surface area contributed by atoms with Crippen LogP contribution in [-0.2, 0) is 6.42 Å². The zero-order valence-electron chi connectivity index (χ0n) is 22.5. The van der Waals surface area contributed by atoms with E-state index in [1.165, 1.54) is 33.8 Å². The Morgan fingerprint density at radius 2 is 1.73 bits per heavy atom. The Morgan fingerprint density at radius 1 is 0.973 bits per heavy atom. The van der Waals surface area contributed by atoms with Crippen molar-refractivity contribution in [3.8, 4) is 5.69 Å². The maximum absolute atomic E-state index is 5.97. The smallest absolute Gasteiger partial charge is 0.174 e. The quantitative estimate of drug-likeness (QED) is 0.296. The average molecular weight is 510 g/mol. The van der Waals surface area contributed by atoms with Crippen LogP contribution < -0.4 is 15.1 Å². The fourth-order valence-electron chi connectivity index (χ4n) is 5.62. The van der Waals surface area contributed by atoms with Crippen molar-refractivity contribution < 1.29 is 0 Å². The highest BCUT2D eigenvalue weighted by Gasteiger charge is 2.42. The lowest BCUT2D eigenvalue weighted by molar-refractivity contribution is 0.565. The second-order valence-corrected chi connectivity index (χ2v) is 10.4. The van der Waals surface area contributed by atoms with Gasteiger partial charge in [-0.25, -0.2) is 0 Å². The lowest BCUT2D eigenvalue weighted by Gasteiger charge is -2.29. The van der Waals surface area contributed by atoms with Crippen molar-refractivity contribution in [3.63, 3.8) is 0 Å². The zero-order chi connectivity index (χ0) is 26.3. The highest BCUT2D eigenvalue weighted by Crippen LogP contribution is 2.44. The maximum atomic E-state index is 5.97. The van der Waals surface area contributed by atoms with Gasteiger partial charge in [0, 0.05) is 43.1 Å². The second kappa shape index (κ2) is 10.0. The molecule has 190 valence electrons. The first-order valence-electron chi connectivity index (χ1n) is 12.9. The van der Waals surface area contributed by atoms with Crippen LogP contribution in [0.5, 0.6) is 0 Å². The summed E-state index contributed by atoms with van der Waals surface area (Å²) in [5.41, 5.74) is 10.8. The molecule has 37 heavy (non-hydrogen) atoms. The molecule has 1 saturated heterocycles. The van der Waals surface area contributed by atoms with E-state index in [2.05, 4.69) is 116 Å². The topological polar surface area (TPSA) is 36.3 Å². The van der Waals surface area contributed by atoms with Crippen molar-refractivity contribution in [2.45, 2.75) is 46.2 Å². The van der Waals surface area contributed by atoms with Gasteiger partial charge in [-0.15, -0.1) is 0 Å². The highest BCUT2D eigenvalue weighted by atomic mass is 32.1. The van der Waals surface area contributed by atoms with Gasteiger partial charge in [-0.1, -0.05) is 31.2 Å². The van der Waals surface area contributed by atoms with Gasteiger partial charge < -0.3 is 19.7 Å². The number of pyridine rings is 1. The second-order valence-electron chi connectivity index (χ2n) is 10.0. The molecule has 5 rings (SSSR count). The SMILES string of the molecule is CCc1cccc(C)c1-n1c(C)cc([C@H]2[C@H](c3ccccn3)NC(=S)N2c2ccc(N(C)C)cc2)c1C. The molecule has 0 spiro atoms. The van der Waals surface area contributed by atoms with E-state index >= 15 is 0 Å². The number of benzene rings is 2. The van der Waals surface area contributed by atoms with Crippen molar-refractivity contribution in [1.82, 2.24) is 14.9 Å². The van der Waals surface area contributed by atoms with Crippen LogP contribution in [0.3, 0.4) is 0 Å². The molecule has 2 atom stereocenters. The Labute approximate surface area is 225 Å². The summed E-state index contributed by atoms with van der Waals surface area (Å²) in [6, 6.07) is 23.5. The van der Waals surface area contributed by atoms with Crippen LogP contribution in [0.1, 0.15) is 52.8 Å². The fraction of sp³-hybridized carbons (Fsp3) is 0.290. The van der Waals surface area contributed by atoms with Crippen molar-refractivity contribution in [3.05, 3.63) is 107 Å². The van der Waals surface area contributed by atoms with Crippen LogP contribution in [0, 0.1) is 20.8 Å². The number of rotatable bonds is 6. The summed E-state index contributed by atoms with van der Waals surface area (Å²) < 4.78 is 2.42. The molecule has 2 aromatic heterocycles. The summed E-state index contributed by atoms with van der Waals surface area (Å²) in [7, 11) is 4.11. The molecule has 0 saturated carbocycles. The number of hydrogen-bond donors (Lipinski definition) is 1. The first kappa shape index (κ1) is 25.0. The minimum absolute atomic E-state index is 0.0401. The Hall–Kier alpha value is -3.64. The fourth-order valence-corrected chi connectivity index (χ4v) is 5.96. The van der Waals surface area contributed by atoms with Gasteiger partial charge in [-0.3, -0.25) is 4.98 Å².